The molecule has 2 N–H and O–H groups in total. The molecule has 0 saturated carbocycles. The zero-order valence-corrected chi connectivity index (χ0v) is 9.20. The molecule has 0 fully saturated rings. The van der Waals surface area contributed by atoms with Gasteiger partial charge >= 0.3 is 0 Å². The van der Waals surface area contributed by atoms with Gasteiger partial charge in [0.25, 0.3) is 0 Å². The minimum atomic E-state index is 0.250. The molecule has 15 heavy (non-hydrogen) atoms. The van der Waals surface area contributed by atoms with Gasteiger partial charge in [-0.15, -0.1) is 5.10 Å². The lowest BCUT2D eigenvalue weighted by molar-refractivity contribution is 0.688. The Morgan fingerprint density at radius 3 is 2.73 bits per heavy atom. The van der Waals surface area contributed by atoms with Crippen LogP contribution >= 0.6 is 23.2 Å². The summed E-state index contributed by atoms with van der Waals surface area (Å²) in [6.07, 6.45) is 1.56. The van der Waals surface area contributed by atoms with E-state index < -0.39 is 0 Å². The zero-order chi connectivity index (χ0) is 10.8. The Hall–Kier alpha value is -1.26. The second-order valence-electron chi connectivity index (χ2n) is 3.04. The molecule has 1 heterocycles. The highest BCUT2D eigenvalue weighted by molar-refractivity contribution is 6.35. The third-order valence-corrected chi connectivity index (χ3v) is 2.49. The summed E-state index contributed by atoms with van der Waals surface area (Å²) in [4.78, 5) is 3.82. The maximum Gasteiger partial charge on any atom is 0.239 e. The van der Waals surface area contributed by atoms with Crippen molar-refractivity contribution >= 4 is 29.2 Å². The zero-order valence-electron chi connectivity index (χ0n) is 7.69. The van der Waals surface area contributed by atoms with Crippen molar-refractivity contribution in [1.82, 2.24) is 14.8 Å². The Bertz CT molecular complexity index is 481. The van der Waals surface area contributed by atoms with Gasteiger partial charge in [-0.05, 0) is 17.7 Å². The summed E-state index contributed by atoms with van der Waals surface area (Å²) >= 11 is 11.8. The number of hydrogen-bond donors (Lipinski definition) is 1. The van der Waals surface area contributed by atoms with Crippen molar-refractivity contribution in [3.63, 3.8) is 0 Å². The Balaban J connectivity index is 2.24. The van der Waals surface area contributed by atoms with Gasteiger partial charge in [0.2, 0.25) is 5.95 Å². The topological polar surface area (TPSA) is 56.7 Å². The standard InChI is InChI=1S/C9H8Cl2N4/c10-7-2-1-6(8(11)3-7)4-15-5-13-9(12)14-15/h1-3,5H,4H2,(H2,12,14). The fourth-order valence-electron chi connectivity index (χ4n) is 1.21. The van der Waals surface area contributed by atoms with Crippen LogP contribution in [0.5, 0.6) is 0 Å². The van der Waals surface area contributed by atoms with E-state index >= 15 is 0 Å². The number of anilines is 1. The number of nitrogens with two attached hydrogens (primary N) is 1. The van der Waals surface area contributed by atoms with Crippen LogP contribution in [0.15, 0.2) is 24.5 Å². The third-order valence-electron chi connectivity index (χ3n) is 1.90. The highest BCUT2D eigenvalue weighted by atomic mass is 35.5. The van der Waals surface area contributed by atoms with Gasteiger partial charge in [-0.3, -0.25) is 0 Å². The fraction of sp³-hybridized carbons (Fsp3) is 0.111. The summed E-state index contributed by atoms with van der Waals surface area (Å²) in [7, 11) is 0. The summed E-state index contributed by atoms with van der Waals surface area (Å²) in [5, 5.41) is 5.18. The Labute approximate surface area is 96.6 Å². The van der Waals surface area contributed by atoms with E-state index in [1.807, 2.05) is 6.07 Å². The number of nitrogens with zero attached hydrogens (tertiary/aromatic N) is 3. The number of nitrogen functional groups attached to an aromatic ring is 1. The van der Waals surface area contributed by atoms with E-state index in [0.29, 0.717) is 16.6 Å². The fourth-order valence-corrected chi connectivity index (χ4v) is 1.68. The molecule has 2 aromatic rings. The normalized spacial score (nSPS) is 10.5. The largest absolute Gasteiger partial charge is 0.367 e. The number of benzene rings is 1. The molecule has 0 bridgehead atoms. The van der Waals surface area contributed by atoms with Crippen LogP contribution < -0.4 is 5.73 Å². The quantitative estimate of drug-likeness (QED) is 0.879. The highest BCUT2D eigenvalue weighted by Crippen LogP contribution is 2.21. The van der Waals surface area contributed by atoms with Gasteiger partial charge in [-0.2, -0.15) is 0 Å². The third kappa shape index (κ3) is 2.40. The molecule has 0 unspecified atom stereocenters. The predicted molar refractivity (Wildman–Crippen MR) is 60.0 cm³/mol. The molecule has 78 valence electrons. The van der Waals surface area contributed by atoms with E-state index in [4.69, 9.17) is 28.9 Å². The predicted octanol–water partition coefficient (Wildman–Crippen LogP) is 2.22. The van der Waals surface area contributed by atoms with Crippen molar-refractivity contribution in [2.24, 2.45) is 0 Å². The molecule has 1 aromatic carbocycles. The van der Waals surface area contributed by atoms with Crippen LogP contribution in [0.3, 0.4) is 0 Å². The molecule has 0 spiro atoms. The lowest BCUT2D eigenvalue weighted by Gasteiger charge is -2.03. The van der Waals surface area contributed by atoms with Crippen molar-refractivity contribution in [2.75, 3.05) is 5.73 Å². The number of rotatable bonds is 2. The van der Waals surface area contributed by atoms with E-state index in [1.54, 1.807) is 23.1 Å². The van der Waals surface area contributed by atoms with Crippen molar-refractivity contribution in [3.8, 4) is 0 Å². The number of hydrogen-bond acceptors (Lipinski definition) is 3. The Kier molecular flexibility index (Phi) is 2.79. The SMILES string of the molecule is Nc1ncn(Cc2ccc(Cl)cc2Cl)n1. The Morgan fingerprint density at radius 1 is 1.33 bits per heavy atom. The molecular formula is C9H8Cl2N4. The monoisotopic (exact) mass is 242 g/mol. The molecule has 0 saturated heterocycles. The van der Waals surface area contributed by atoms with Crippen molar-refractivity contribution < 1.29 is 0 Å². The van der Waals surface area contributed by atoms with Crippen LogP contribution in [-0.2, 0) is 6.54 Å². The highest BCUT2D eigenvalue weighted by Gasteiger charge is 2.03. The van der Waals surface area contributed by atoms with Crippen LogP contribution in [0.25, 0.3) is 0 Å². The van der Waals surface area contributed by atoms with E-state index in [9.17, 15) is 0 Å². The van der Waals surface area contributed by atoms with E-state index in [-0.39, 0.29) is 5.95 Å². The average Bonchev–Trinajstić information content (AvgIpc) is 2.56. The summed E-state index contributed by atoms with van der Waals surface area (Å²) in [5.41, 5.74) is 6.32. The summed E-state index contributed by atoms with van der Waals surface area (Å²) in [6.45, 7) is 0.528. The summed E-state index contributed by atoms with van der Waals surface area (Å²) < 4.78 is 1.62. The molecule has 1 aromatic heterocycles. The smallest absolute Gasteiger partial charge is 0.239 e. The molecule has 0 amide bonds. The van der Waals surface area contributed by atoms with Crippen LogP contribution in [0.2, 0.25) is 10.0 Å². The molecule has 6 heteroatoms. The molecule has 4 nitrogen and oxygen atoms in total. The molecular weight excluding hydrogens is 235 g/mol. The minimum absolute atomic E-state index is 0.250. The summed E-state index contributed by atoms with van der Waals surface area (Å²) in [5.74, 6) is 0.250. The lowest BCUT2D eigenvalue weighted by atomic mass is 10.2. The van der Waals surface area contributed by atoms with Gasteiger partial charge in [0, 0.05) is 10.0 Å². The van der Waals surface area contributed by atoms with Crippen LogP contribution in [0, 0.1) is 0 Å². The first-order valence-electron chi connectivity index (χ1n) is 4.24. The van der Waals surface area contributed by atoms with Gasteiger partial charge in [-0.1, -0.05) is 29.3 Å². The first kappa shape index (κ1) is 10.3. The van der Waals surface area contributed by atoms with Gasteiger partial charge in [-0.25, -0.2) is 9.67 Å². The molecule has 0 radical (unpaired) electrons. The first-order valence-corrected chi connectivity index (χ1v) is 4.99. The van der Waals surface area contributed by atoms with Gasteiger partial charge < -0.3 is 5.73 Å². The number of halogens is 2. The van der Waals surface area contributed by atoms with Gasteiger partial charge in [0.05, 0.1) is 6.54 Å². The second kappa shape index (κ2) is 4.08. The molecule has 0 aliphatic rings. The lowest BCUT2D eigenvalue weighted by Crippen LogP contribution is -2.01. The summed E-state index contributed by atoms with van der Waals surface area (Å²) in [6, 6.07) is 5.32. The number of aromatic nitrogens is 3. The van der Waals surface area contributed by atoms with Crippen molar-refractivity contribution in [3.05, 3.63) is 40.1 Å². The second-order valence-corrected chi connectivity index (χ2v) is 3.88. The molecule has 2 rings (SSSR count). The van der Waals surface area contributed by atoms with Crippen LogP contribution in [0.4, 0.5) is 5.95 Å². The van der Waals surface area contributed by atoms with Crippen LogP contribution in [-0.4, -0.2) is 14.8 Å². The minimum Gasteiger partial charge on any atom is -0.367 e. The van der Waals surface area contributed by atoms with E-state index in [0.717, 1.165) is 5.56 Å². The van der Waals surface area contributed by atoms with Crippen LogP contribution in [0.1, 0.15) is 5.56 Å². The molecule has 0 aliphatic carbocycles. The van der Waals surface area contributed by atoms with Gasteiger partial charge in [0.1, 0.15) is 6.33 Å². The van der Waals surface area contributed by atoms with E-state index in [2.05, 4.69) is 10.1 Å². The molecule has 0 aliphatic heterocycles. The molecule has 0 atom stereocenters. The Morgan fingerprint density at radius 2 is 2.13 bits per heavy atom. The first-order chi connectivity index (χ1) is 7.15. The maximum atomic E-state index is 6.01. The average molecular weight is 243 g/mol. The van der Waals surface area contributed by atoms with Gasteiger partial charge in [0.15, 0.2) is 0 Å². The van der Waals surface area contributed by atoms with E-state index in [1.165, 1.54) is 0 Å². The van der Waals surface area contributed by atoms with Crippen molar-refractivity contribution in [2.45, 2.75) is 6.54 Å². The van der Waals surface area contributed by atoms with Crippen molar-refractivity contribution in [1.29, 1.82) is 0 Å². The maximum absolute atomic E-state index is 6.01.